The van der Waals surface area contributed by atoms with Crippen LogP contribution in [0.4, 0.5) is 4.70 Å². The molecule has 0 aromatic rings. The van der Waals surface area contributed by atoms with E-state index in [1.165, 1.54) is 0 Å². The molecule has 9 heteroatoms. The fraction of sp³-hybridized carbons (Fsp3) is 0. The molecule has 0 spiro atoms. The Balaban J connectivity index is -0.0000000133. The van der Waals surface area contributed by atoms with E-state index in [0.717, 1.165) is 0 Å². The van der Waals surface area contributed by atoms with Gasteiger partial charge in [-0.1, -0.05) is 0 Å². The monoisotopic (exact) mass is 318 g/mol. The molecule has 0 radical (unpaired) electrons. The van der Waals surface area contributed by atoms with E-state index >= 15 is 0 Å². The molecule has 0 aromatic carbocycles. The summed E-state index contributed by atoms with van der Waals surface area (Å²) in [5.41, 5.74) is 0. The van der Waals surface area contributed by atoms with Crippen LogP contribution in [0.1, 0.15) is 0 Å². The molecule has 0 aliphatic carbocycles. The van der Waals surface area contributed by atoms with Crippen molar-refractivity contribution in [1.82, 2.24) is 0 Å². The van der Waals surface area contributed by atoms with E-state index in [0.29, 0.717) is 0 Å². The van der Waals surface area contributed by atoms with Gasteiger partial charge in [0.2, 0.25) is 0 Å². The average molecular weight is 318 g/mol. The average Bonchev–Trinajstić information content (AvgIpc) is 0.722. The molecule has 0 bridgehead atoms. The van der Waals surface area contributed by atoms with E-state index in [1.54, 1.807) is 0 Å². The molecule has 0 atom stereocenters. The third-order valence-corrected chi connectivity index (χ3v) is 0. The van der Waals surface area contributed by atoms with Crippen LogP contribution in [0, 0.1) is 0 Å². The zero-order valence-corrected chi connectivity index (χ0v) is 3.70. The zero-order chi connectivity index (χ0) is 4.50. The molecule has 0 amide bonds. The largest absolute Gasteiger partial charge is 0.0149 e. The first-order valence-electron chi connectivity index (χ1n) is 0.894. The Hall–Kier alpha value is 2.31. The topological polar surface area (TPSA) is 80.9 Å². The molecule has 58 valence electrons. The summed E-state index contributed by atoms with van der Waals surface area (Å²) < 4.78 is 0. The van der Waals surface area contributed by atoms with Gasteiger partial charge in [0.15, 0.2) is 17.4 Å². The Labute approximate surface area is 108 Å². The summed E-state index contributed by atoms with van der Waals surface area (Å²) in [6.45, 7) is 0. The van der Waals surface area contributed by atoms with Crippen LogP contribution >= 0.6 is 0 Å². The van der Waals surface area contributed by atoms with Crippen LogP contribution in [0.5, 0.6) is 0 Å². The molecular weight excluding hydrogens is 303 g/mol. The summed E-state index contributed by atoms with van der Waals surface area (Å²) in [5, 5.41) is 0. The van der Waals surface area contributed by atoms with Crippen LogP contribution in [0.15, 0.2) is 0 Å². The van der Waals surface area contributed by atoms with E-state index in [9.17, 15) is 0 Å². The first-order valence-corrected chi connectivity index (χ1v) is 2.68. The summed E-state index contributed by atoms with van der Waals surface area (Å²) in [4.78, 5) is 29.3. The summed E-state index contributed by atoms with van der Waals surface area (Å²) in [5.74, 6) is 0. The number of hydrogen-bond acceptors (Lipinski definition) is 4. The van der Waals surface area contributed by atoms with Crippen molar-refractivity contribution in [3.63, 3.8) is 0 Å². The van der Waals surface area contributed by atoms with E-state index in [2.05, 4.69) is 0 Å². The van der Waals surface area contributed by atoms with Gasteiger partial charge < -0.3 is 19.2 Å². The van der Waals surface area contributed by atoms with Gasteiger partial charge in [0, 0.05) is 0 Å². The molecule has 0 aromatic heterocycles. The van der Waals surface area contributed by atoms with Crippen molar-refractivity contribution >= 4 is 86.3 Å². The molecule has 0 rings (SSSR count). The molecule has 0 aliphatic heterocycles. The number of rotatable bonds is 0. The van der Waals surface area contributed by atoms with Crippen molar-refractivity contribution in [1.29, 1.82) is 0 Å². The Morgan fingerprint density at radius 2 is 0.889 bits per heavy atom. The molecule has 0 saturated heterocycles. The second-order valence-corrected chi connectivity index (χ2v) is 1.80. The number of hydrogen-bond donors (Lipinski definition) is 4. The second-order valence-electron chi connectivity index (χ2n) is 0.600. The van der Waals surface area contributed by atoms with E-state index in [-0.39, 0.29) is 81.9 Å². The summed E-state index contributed by atoms with van der Waals surface area (Å²) in [7, 11) is -4.61. The van der Waals surface area contributed by atoms with E-state index in [1.807, 2.05) is 0 Å². The normalized spacial score (nSPS) is 6.67. The van der Waals surface area contributed by atoms with Crippen molar-refractivity contribution in [3.8, 4) is 0 Å². The van der Waals surface area contributed by atoms with Gasteiger partial charge in [-0.25, -0.2) is 0 Å². The van der Waals surface area contributed by atoms with E-state index in [4.69, 9.17) is 19.2 Å². The van der Waals surface area contributed by atoms with Crippen molar-refractivity contribution in [3.05, 3.63) is 0 Å². The van der Waals surface area contributed by atoms with Crippen LogP contribution in [-0.4, -0.2) is 105 Å². The minimum Gasteiger partial charge on any atom is -0.0149 e. The molecule has 0 saturated carbocycles. The summed E-state index contributed by atoms with van der Waals surface area (Å²) >= 11 is 0. The molecule has 0 fully saturated rings. The standard InChI is InChI=1S/Al.Ba.FH.H4O4Si.H4Si.5H/c;;;1-5(2,3)4;;;;;;/h;;1H;1-4H;1H4;;;;;. The predicted molar refractivity (Wildman–Crippen MR) is 46.9 cm³/mol. The first-order chi connectivity index (χ1) is 2.00. The maximum atomic E-state index is 7.33. The summed E-state index contributed by atoms with van der Waals surface area (Å²) in [6.07, 6.45) is 0. The fourth-order valence-electron chi connectivity index (χ4n) is 0. The van der Waals surface area contributed by atoms with Crippen molar-refractivity contribution < 1.29 is 23.9 Å². The van der Waals surface area contributed by atoms with Crippen molar-refractivity contribution in [2.24, 2.45) is 0 Å². The van der Waals surface area contributed by atoms with Gasteiger partial charge in [-0.15, -0.1) is 0 Å². The first kappa shape index (κ1) is 30.2. The maximum Gasteiger partial charge on any atom is -0.0149 e. The van der Waals surface area contributed by atoms with Crippen molar-refractivity contribution in [2.75, 3.05) is 0 Å². The van der Waals surface area contributed by atoms with Gasteiger partial charge in [-0.05, 0) is 11.0 Å². The maximum absolute atomic E-state index is 7.33. The SMILES string of the molecule is F.O[Si](O)(O)O.[AlH3].[BaH2].[SiH4]. The number of halogens is 1. The van der Waals surface area contributed by atoms with Gasteiger partial charge in [0.25, 0.3) is 0 Å². The Kier molecular flexibility index (Phi) is 43.4. The molecule has 0 heterocycles. The third-order valence-electron chi connectivity index (χ3n) is 0. The quantitative estimate of drug-likeness (QED) is 0.335. The Morgan fingerprint density at radius 3 is 0.889 bits per heavy atom. The van der Waals surface area contributed by atoms with Gasteiger partial charge in [-0.2, -0.15) is 0 Å². The molecule has 9 heavy (non-hydrogen) atoms. The minimum atomic E-state index is -4.61. The van der Waals surface area contributed by atoms with Crippen LogP contribution in [0.25, 0.3) is 0 Å². The molecule has 4 N–H and O–H groups in total. The fourth-order valence-corrected chi connectivity index (χ4v) is 0. The summed E-state index contributed by atoms with van der Waals surface area (Å²) in [6, 6.07) is 0. The van der Waals surface area contributed by atoms with Gasteiger partial charge in [-0.3, -0.25) is 4.70 Å². The van der Waals surface area contributed by atoms with Crippen LogP contribution in [0.3, 0.4) is 0 Å². The molecule has 0 aliphatic rings. The zero-order valence-electron chi connectivity index (χ0n) is 2.70. The minimum absolute atomic E-state index is 0. The van der Waals surface area contributed by atoms with Gasteiger partial charge in [0.1, 0.15) is 0 Å². The Bertz CT molecular complexity index is 34.0. The van der Waals surface area contributed by atoms with Gasteiger partial charge in [0.05, 0.1) is 0 Å². The Morgan fingerprint density at radius 1 is 0.889 bits per heavy atom. The second kappa shape index (κ2) is 12.9. The van der Waals surface area contributed by atoms with Crippen LogP contribution in [0.2, 0.25) is 0 Å². The van der Waals surface area contributed by atoms with Gasteiger partial charge >= 0.3 is 57.9 Å². The van der Waals surface area contributed by atoms with Crippen LogP contribution in [-0.2, 0) is 0 Å². The molecular formula is H14AlBaFO4Si2. The predicted octanol–water partition coefficient (Wildman–Crippen LogP) is -6.01. The molecule has 0 unspecified atom stereocenters. The van der Waals surface area contributed by atoms with Crippen LogP contribution < -0.4 is 0 Å². The van der Waals surface area contributed by atoms with Crippen molar-refractivity contribution in [2.45, 2.75) is 0 Å². The molecule has 4 nitrogen and oxygen atoms in total. The smallest absolute Gasteiger partial charge is 0.0149 e. The van der Waals surface area contributed by atoms with E-state index < -0.39 is 9.05 Å². The third kappa shape index (κ3) is 134.